The number of nitrogens with zero attached hydrogens (tertiary/aromatic N) is 3. The van der Waals surface area contributed by atoms with Crippen molar-refractivity contribution in [1.82, 2.24) is 9.97 Å². The molecule has 2 heterocycles. The van der Waals surface area contributed by atoms with Gasteiger partial charge in [0.2, 0.25) is 0 Å². The molecule has 0 saturated heterocycles. The Hall–Kier alpha value is -5.44. The number of H-pyrrole nitrogens is 1. The van der Waals surface area contributed by atoms with E-state index in [2.05, 4.69) is 9.97 Å². The predicted octanol–water partition coefficient (Wildman–Crippen LogP) is 5.17. The Bertz CT molecular complexity index is 1740. The van der Waals surface area contributed by atoms with Gasteiger partial charge in [-0.2, -0.15) is 0 Å². The summed E-state index contributed by atoms with van der Waals surface area (Å²) in [5.74, 6) is -0.865. The molecule has 0 spiro atoms. The van der Waals surface area contributed by atoms with Crippen LogP contribution < -0.4 is 4.90 Å². The van der Waals surface area contributed by atoms with Crippen LogP contribution in [0.2, 0.25) is 0 Å². The van der Waals surface area contributed by atoms with Crippen LogP contribution >= 0.6 is 0 Å². The van der Waals surface area contributed by atoms with Crippen molar-refractivity contribution in [2.45, 2.75) is 0 Å². The van der Waals surface area contributed by atoms with E-state index in [4.69, 9.17) is 0 Å². The SMILES string of the molecule is O=C(c1cccc([N+](=O)[O-])c1)c1ccc2c(c1)C(=O)N(c1ccc(-c3nc4ccccc4[nH]3)cc1)C2=O. The van der Waals surface area contributed by atoms with Gasteiger partial charge in [-0.25, -0.2) is 9.88 Å². The number of imidazole rings is 1. The zero-order valence-electron chi connectivity index (χ0n) is 19.0. The second kappa shape index (κ2) is 8.35. The van der Waals surface area contributed by atoms with Crippen molar-refractivity contribution >= 4 is 40.0 Å². The van der Waals surface area contributed by atoms with Crippen molar-refractivity contribution in [3.8, 4) is 11.4 Å². The van der Waals surface area contributed by atoms with Crippen molar-refractivity contribution < 1.29 is 19.3 Å². The van der Waals surface area contributed by atoms with Gasteiger partial charge in [0.05, 0.1) is 32.8 Å². The molecule has 1 N–H and O–H groups in total. The van der Waals surface area contributed by atoms with Gasteiger partial charge in [-0.1, -0.05) is 30.3 Å². The van der Waals surface area contributed by atoms with Crippen LogP contribution in [0.4, 0.5) is 11.4 Å². The number of rotatable bonds is 5. The fourth-order valence-corrected chi connectivity index (χ4v) is 4.40. The number of aromatic nitrogens is 2. The predicted molar refractivity (Wildman–Crippen MR) is 136 cm³/mol. The molecule has 2 amide bonds. The number of benzene rings is 4. The molecule has 5 aromatic rings. The highest BCUT2D eigenvalue weighted by Crippen LogP contribution is 2.31. The maximum atomic E-state index is 13.2. The first-order chi connectivity index (χ1) is 17.9. The summed E-state index contributed by atoms with van der Waals surface area (Å²) in [7, 11) is 0. The zero-order chi connectivity index (χ0) is 25.7. The van der Waals surface area contributed by atoms with Crippen LogP contribution in [0.1, 0.15) is 36.6 Å². The minimum Gasteiger partial charge on any atom is -0.338 e. The Kier molecular flexibility index (Phi) is 4.97. The van der Waals surface area contributed by atoms with E-state index >= 15 is 0 Å². The second-order valence-electron chi connectivity index (χ2n) is 8.49. The van der Waals surface area contributed by atoms with Crippen LogP contribution in [0.3, 0.4) is 0 Å². The Balaban J connectivity index is 1.29. The molecule has 1 aliphatic rings. The number of ketones is 1. The number of nitro benzene ring substituents is 1. The fourth-order valence-electron chi connectivity index (χ4n) is 4.40. The minimum absolute atomic E-state index is 0.0997. The van der Waals surface area contributed by atoms with Crippen LogP contribution in [-0.4, -0.2) is 32.5 Å². The van der Waals surface area contributed by atoms with Gasteiger partial charge in [0.15, 0.2) is 5.78 Å². The van der Waals surface area contributed by atoms with Gasteiger partial charge in [-0.3, -0.25) is 24.5 Å². The molecule has 0 atom stereocenters. The summed E-state index contributed by atoms with van der Waals surface area (Å²) in [6.45, 7) is 0. The molecule has 0 unspecified atom stereocenters. The Morgan fingerprint density at radius 1 is 0.811 bits per heavy atom. The van der Waals surface area contributed by atoms with Crippen molar-refractivity contribution in [3.05, 3.63) is 123 Å². The third-order valence-electron chi connectivity index (χ3n) is 6.26. The number of nitrogens with one attached hydrogen (secondary N) is 1. The standard InChI is InChI=1S/C28H16N4O5/c33-25(17-4-3-5-20(14-17)32(36)37)18-10-13-21-22(15-18)28(35)31(27(21)34)19-11-8-16(9-12-19)26-29-23-6-1-2-7-24(23)30-26/h1-15H,(H,29,30). The van der Waals surface area contributed by atoms with E-state index in [1.807, 2.05) is 24.3 Å². The number of anilines is 1. The lowest BCUT2D eigenvalue weighted by Crippen LogP contribution is -2.29. The molecular weight excluding hydrogens is 472 g/mol. The molecule has 1 aliphatic heterocycles. The summed E-state index contributed by atoms with van der Waals surface area (Å²) < 4.78 is 0. The summed E-state index contributed by atoms with van der Waals surface area (Å²) in [5.41, 5.74) is 3.25. The number of hydrogen-bond donors (Lipinski definition) is 1. The van der Waals surface area contributed by atoms with E-state index in [1.54, 1.807) is 24.3 Å². The maximum Gasteiger partial charge on any atom is 0.270 e. The number of carbonyl (C=O) groups excluding carboxylic acids is 3. The van der Waals surface area contributed by atoms with Crippen LogP contribution in [0.25, 0.3) is 22.4 Å². The monoisotopic (exact) mass is 488 g/mol. The average Bonchev–Trinajstić information content (AvgIpc) is 3.47. The molecule has 0 saturated carbocycles. The Morgan fingerprint density at radius 3 is 2.30 bits per heavy atom. The maximum absolute atomic E-state index is 13.2. The number of nitro groups is 1. The number of non-ortho nitro benzene ring substituents is 1. The first kappa shape index (κ1) is 22.1. The smallest absolute Gasteiger partial charge is 0.270 e. The fraction of sp³-hybridized carbons (Fsp3) is 0. The highest BCUT2D eigenvalue weighted by Gasteiger charge is 2.37. The van der Waals surface area contributed by atoms with Crippen molar-refractivity contribution in [2.75, 3.05) is 4.90 Å². The van der Waals surface area contributed by atoms with Crippen LogP contribution in [0, 0.1) is 10.1 Å². The number of aromatic amines is 1. The Labute approximate surface area is 209 Å². The summed E-state index contributed by atoms with van der Waals surface area (Å²) in [6, 6.07) is 24.1. The van der Waals surface area contributed by atoms with Gasteiger partial charge in [0.1, 0.15) is 5.82 Å². The Morgan fingerprint density at radius 2 is 1.54 bits per heavy atom. The molecule has 0 bridgehead atoms. The first-order valence-electron chi connectivity index (χ1n) is 11.3. The molecule has 0 fully saturated rings. The summed E-state index contributed by atoms with van der Waals surface area (Å²) >= 11 is 0. The lowest BCUT2D eigenvalue weighted by Gasteiger charge is -2.14. The van der Waals surface area contributed by atoms with E-state index < -0.39 is 22.5 Å². The van der Waals surface area contributed by atoms with E-state index in [-0.39, 0.29) is 27.9 Å². The third-order valence-corrected chi connectivity index (χ3v) is 6.26. The first-order valence-corrected chi connectivity index (χ1v) is 11.3. The van der Waals surface area contributed by atoms with Gasteiger partial charge in [-0.15, -0.1) is 0 Å². The molecule has 4 aromatic carbocycles. The quantitative estimate of drug-likeness (QED) is 0.157. The average molecular weight is 488 g/mol. The number of imide groups is 1. The van der Waals surface area contributed by atoms with Crippen molar-refractivity contribution in [2.24, 2.45) is 0 Å². The van der Waals surface area contributed by atoms with Gasteiger partial charge >= 0.3 is 0 Å². The number of amides is 2. The van der Waals surface area contributed by atoms with Crippen LogP contribution in [-0.2, 0) is 0 Å². The highest BCUT2D eigenvalue weighted by atomic mass is 16.6. The molecule has 6 rings (SSSR count). The molecular formula is C28H16N4O5. The van der Waals surface area contributed by atoms with Gasteiger partial charge in [0, 0.05) is 28.8 Å². The molecule has 0 aliphatic carbocycles. The second-order valence-corrected chi connectivity index (χ2v) is 8.49. The largest absolute Gasteiger partial charge is 0.338 e. The molecule has 9 nitrogen and oxygen atoms in total. The van der Waals surface area contributed by atoms with Crippen LogP contribution in [0.15, 0.2) is 91.0 Å². The zero-order valence-corrected chi connectivity index (χ0v) is 19.0. The van der Waals surface area contributed by atoms with Gasteiger partial charge < -0.3 is 4.98 Å². The normalized spacial score (nSPS) is 12.7. The lowest BCUT2D eigenvalue weighted by atomic mass is 9.99. The van der Waals surface area contributed by atoms with Crippen molar-refractivity contribution in [3.63, 3.8) is 0 Å². The molecule has 9 heteroatoms. The van der Waals surface area contributed by atoms with Gasteiger partial charge in [0.25, 0.3) is 17.5 Å². The molecule has 37 heavy (non-hydrogen) atoms. The minimum atomic E-state index is -0.584. The third kappa shape index (κ3) is 3.66. The number of carbonyl (C=O) groups is 3. The summed E-state index contributed by atoms with van der Waals surface area (Å²) in [5, 5.41) is 11.1. The number of hydrogen-bond acceptors (Lipinski definition) is 6. The summed E-state index contributed by atoms with van der Waals surface area (Å²) in [4.78, 5) is 58.6. The van der Waals surface area contributed by atoms with Crippen LogP contribution in [0.5, 0.6) is 0 Å². The summed E-state index contributed by atoms with van der Waals surface area (Å²) in [6.07, 6.45) is 0. The van der Waals surface area contributed by atoms with E-state index in [1.165, 1.54) is 42.5 Å². The molecule has 178 valence electrons. The number of para-hydroxylation sites is 2. The highest BCUT2D eigenvalue weighted by molar-refractivity contribution is 6.35. The molecule has 1 aromatic heterocycles. The number of fused-ring (bicyclic) bond motifs is 2. The van der Waals surface area contributed by atoms with Crippen molar-refractivity contribution in [1.29, 1.82) is 0 Å². The van der Waals surface area contributed by atoms with E-state index in [0.717, 1.165) is 21.5 Å². The van der Waals surface area contributed by atoms with E-state index in [0.29, 0.717) is 11.5 Å². The topological polar surface area (TPSA) is 126 Å². The van der Waals surface area contributed by atoms with Gasteiger partial charge in [-0.05, 0) is 48.5 Å². The molecule has 0 radical (unpaired) electrons. The van der Waals surface area contributed by atoms with E-state index in [9.17, 15) is 24.5 Å². The lowest BCUT2D eigenvalue weighted by molar-refractivity contribution is -0.384.